The Bertz CT molecular complexity index is 2060. The van der Waals surface area contributed by atoms with Crippen molar-refractivity contribution in [2.75, 3.05) is 36.6 Å². The van der Waals surface area contributed by atoms with E-state index >= 15 is 0 Å². The molecule has 8 heteroatoms. The molecule has 8 nitrogen and oxygen atoms in total. The molecular weight excluding hydrogens is 677 g/mol. The zero-order valence-corrected chi connectivity index (χ0v) is 31.9. The topological polar surface area (TPSA) is 88.5 Å². The van der Waals surface area contributed by atoms with Crippen LogP contribution in [0.25, 0.3) is 11.1 Å². The number of carbonyl (C=O) groups excluding carboxylic acids is 1. The van der Waals surface area contributed by atoms with Crippen molar-refractivity contribution in [1.82, 2.24) is 0 Å². The fourth-order valence-electron chi connectivity index (χ4n) is 7.11. The Morgan fingerprint density at radius 3 is 2.00 bits per heavy atom. The molecule has 0 unspecified atom stereocenters. The van der Waals surface area contributed by atoms with E-state index in [0.29, 0.717) is 42.6 Å². The highest BCUT2D eigenvalue weighted by Gasteiger charge is 2.26. The number of carbonyl (C=O) groups is 2. The van der Waals surface area contributed by atoms with Crippen molar-refractivity contribution in [3.8, 4) is 22.6 Å². The monoisotopic (exact) mass is 726 g/mol. The first-order valence-electron chi connectivity index (χ1n) is 18.8. The van der Waals surface area contributed by atoms with Gasteiger partial charge in [-0.2, -0.15) is 0 Å². The molecule has 1 saturated heterocycles. The lowest BCUT2D eigenvalue weighted by Crippen LogP contribution is -2.40. The van der Waals surface area contributed by atoms with Crippen LogP contribution in [0.15, 0.2) is 109 Å². The summed E-state index contributed by atoms with van der Waals surface area (Å²) >= 11 is 0. The number of nitrogens with zero attached hydrogens (tertiary/aromatic N) is 2. The van der Waals surface area contributed by atoms with E-state index in [9.17, 15) is 14.7 Å². The SMILES string of the molecule is CCN(c1cc(-c2cccc(N(C)C(=O)c3cc(C(C)C)c(OCc4ccccc4)cc3OCc3ccccc3)c2)cc(C(=O)O)c1C)C1CCOCC1. The van der Waals surface area contributed by atoms with Gasteiger partial charge in [0.2, 0.25) is 0 Å². The first-order chi connectivity index (χ1) is 26.1. The summed E-state index contributed by atoms with van der Waals surface area (Å²) in [6.07, 6.45) is 1.77. The molecule has 1 amide bonds. The fraction of sp³-hybridized carbons (Fsp3) is 0.304. The maximum atomic E-state index is 14.5. The van der Waals surface area contributed by atoms with Crippen LogP contribution in [0.3, 0.4) is 0 Å². The molecule has 0 aliphatic carbocycles. The second kappa shape index (κ2) is 17.5. The summed E-state index contributed by atoms with van der Waals surface area (Å²) in [5.41, 5.74) is 7.51. The molecule has 0 atom stereocenters. The standard InChI is InChI=1S/C46H50N2O6/c1-6-48(37-20-22-52-23-21-37)42-26-36(25-40(32(42)4)46(50)51)35-18-13-19-38(24-35)47(5)45(49)41-27-39(31(2)3)43(53-29-33-14-9-7-10-15-33)28-44(41)54-30-34-16-11-8-12-17-34/h7-19,24-28,31,37H,6,20-23,29-30H2,1-5H3,(H,50,51). The van der Waals surface area contributed by atoms with E-state index in [1.165, 1.54) is 0 Å². The number of rotatable bonds is 14. The Labute approximate surface area is 318 Å². The van der Waals surface area contributed by atoms with Crippen molar-refractivity contribution in [2.45, 2.75) is 65.7 Å². The van der Waals surface area contributed by atoms with E-state index in [1.807, 2.05) is 104 Å². The third kappa shape index (κ3) is 8.77. The van der Waals surface area contributed by atoms with Gasteiger partial charge >= 0.3 is 5.97 Å². The highest BCUT2D eigenvalue weighted by molar-refractivity contribution is 6.08. The van der Waals surface area contributed by atoms with Gasteiger partial charge in [0.15, 0.2) is 0 Å². The first-order valence-corrected chi connectivity index (χ1v) is 18.8. The van der Waals surface area contributed by atoms with Crippen LogP contribution in [0.2, 0.25) is 0 Å². The van der Waals surface area contributed by atoms with E-state index in [2.05, 4.69) is 31.7 Å². The van der Waals surface area contributed by atoms with Gasteiger partial charge in [-0.05, 0) is 96.3 Å². The minimum atomic E-state index is -0.970. The molecule has 1 heterocycles. The summed E-state index contributed by atoms with van der Waals surface area (Å²) in [6.45, 7) is 10.9. The van der Waals surface area contributed by atoms with Crippen molar-refractivity contribution < 1.29 is 28.9 Å². The Kier molecular flexibility index (Phi) is 12.3. The molecule has 0 spiro atoms. The Hall–Kier alpha value is -5.60. The van der Waals surface area contributed by atoms with Crippen molar-refractivity contribution >= 4 is 23.3 Å². The molecule has 280 valence electrons. The smallest absolute Gasteiger partial charge is 0.336 e. The molecule has 6 rings (SSSR count). The summed E-state index contributed by atoms with van der Waals surface area (Å²) in [5, 5.41) is 10.3. The lowest BCUT2D eigenvalue weighted by Gasteiger charge is -2.36. The lowest BCUT2D eigenvalue weighted by molar-refractivity contribution is 0.0695. The predicted molar refractivity (Wildman–Crippen MR) is 215 cm³/mol. The number of amides is 1. The molecule has 0 bridgehead atoms. The van der Waals surface area contributed by atoms with Gasteiger partial charge in [0.25, 0.3) is 5.91 Å². The number of ether oxygens (including phenoxy) is 3. The number of carboxylic acid groups (broad SMARTS) is 1. The number of benzene rings is 5. The van der Waals surface area contributed by atoms with Gasteiger partial charge in [-0.15, -0.1) is 0 Å². The minimum absolute atomic E-state index is 0.0714. The van der Waals surface area contributed by atoms with Crippen LogP contribution >= 0.6 is 0 Å². The zero-order valence-electron chi connectivity index (χ0n) is 31.9. The number of anilines is 2. The average molecular weight is 727 g/mol. The summed E-state index contributed by atoms with van der Waals surface area (Å²) in [7, 11) is 1.75. The van der Waals surface area contributed by atoms with Crippen molar-refractivity contribution in [2.24, 2.45) is 0 Å². The average Bonchev–Trinajstić information content (AvgIpc) is 3.20. The number of carboxylic acids is 1. The van der Waals surface area contributed by atoms with Gasteiger partial charge in [0.1, 0.15) is 24.7 Å². The highest BCUT2D eigenvalue weighted by Crippen LogP contribution is 2.38. The van der Waals surface area contributed by atoms with E-state index in [1.54, 1.807) is 18.0 Å². The maximum Gasteiger partial charge on any atom is 0.336 e. The van der Waals surface area contributed by atoms with Crippen LogP contribution in [-0.4, -0.2) is 49.8 Å². The molecule has 0 saturated carbocycles. The summed E-state index contributed by atoms with van der Waals surface area (Å²) in [6, 6.07) is 35.4. The molecule has 1 fully saturated rings. The Balaban J connectivity index is 1.36. The number of hydrogen-bond acceptors (Lipinski definition) is 6. The quantitative estimate of drug-likeness (QED) is 0.122. The van der Waals surface area contributed by atoms with Crippen molar-refractivity contribution in [1.29, 1.82) is 0 Å². The molecule has 1 N–H and O–H groups in total. The fourth-order valence-corrected chi connectivity index (χ4v) is 7.11. The number of hydrogen-bond donors (Lipinski definition) is 1. The largest absolute Gasteiger partial charge is 0.488 e. The van der Waals surface area contributed by atoms with Crippen LogP contribution < -0.4 is 19.3 Å². The van der Waals surface area contributed by atoms with E-state index < -0.39 is 5.97 Å². The second-order valence-electron chi connectivity index (χ2n) is 14.1. The highest BCUT2D eigenvalue weighted by atomic mass is 16.5. The molecule has 0 radical (unpaired) electrons. The van der Waals surface area contributed by atoms with Gasteiger partial charge in [-0.1, -0.05) is 86.6 Å². The van der Waals surface area contributed by atoms with Crippen LogP contribution in [0.4, 0.5) is 11.4 Å². The zero-order chi connectivity index (χ0) is 38.2. The molecule has 54 heavy (non-hydrogen) atoms. The Morgan fingerprint density at radius 1 is 0.778 bits per heavy atom. The molecule has 0 aromatic heterocycles. The second-order valence-corrected chi connectivity index (χ2v) is 14.1. The summed E-state index contributed by atoms with van der Waals surface area (Å²) in [5.74, 6) is -0.0330. The predicted octanol–water partition coefficient (Wildman–Crippen LogP) is 9.92. The summed E-state index contributed by atoms with van der Waals surface area (Å²) < 4.78 is 18.4. The van der Waals surface area contributed by atoms with Gasteiger partial charge in [0, 0.05) is 50.3 Å². The third-order valence-corrected chi connectivity index (χ3v) is 10.2. The van der Waals surface area contributed by atoms with Gasteiger partial charge in [-0.25, -0.2) is 4.79 Å². The van der Waals surface area contributed by atoms with Crippen LogP contribution in [0, 0.1) is 6.92 Å². The Morgan fingerprint density at radius 2 is 1.41 bits per heavy atom. The molecule has 1 aliphatic rings. The third-order valence-electron chi connectivity index (χ3n) is 10.2. The molecular formula is C46H50N2O6. The van der Waals surface area contributed by atoms with Gasteiger partial charge < -0.3 is 29.1 Å². The van der Waals surface area contributed by atoms with Crippen LogP contribution in [0.5, 0.6) is 11.5 Å². The van der Waals surface area contributed by atoms with E-state index in [4.69, 9.17) is 14.2 Å². The van der Waals surface area contributed by atoms with Crippen molar-refractivity contribution in [3.05, 3.63) is 143 Å². The van der Waals surface area contributed by atoms with E-state index in [-0.39, 0.29) is 30.0 Å². The minimum Gasteiger partial charge on any atom is -0.488 e. The maximum absolute atomic E-state index is 14.5. The van der Waals surface area contributed by atoms with Crippen LogP contribution in [0.1, 0.15) is 82.5 Å². The van der Waals surface area contributed by atoms with E-state index in [0.717, 1.165) is 58.5 Å². The molecule has 1 aliphatic heterocycles. The normalized spacial score (nSPS) is 13.1. The van der Waals surface area contributed by atoms with Gasteiger partial charge in [0.05, 0.1) is 11.1 Å². The number of aromatic carboxylic acids is 1. The van der Waals surface area contributed by atoms with Crippen molar-refractivity contribution in [3.63, 3.8) is 0 Å². The first kappa shape index (κ1) is 38.1. The van der Waals surface area contributed by atoms with Crippen LogP contribution in [-0.2, 0) is 18.0 Å². The molecule has 5 aromatic rings. The lowest BCUT2D eigenvalue weighted by atomic mass is 9.95. The molecule has 5 aromatic carbocycles. The van der Waals surface area contributed by atoms with Gasteiger partial charge in [-0.3, -0.25) is 4.79 Å². The summed E-state index contributed by atoms with van der Waals surface area (Å²) in [4.78, 5) is 31.0.